The van der Waals surface area contributed by atoms with Crippen molar-refractivity contribution in [1.29, 1.82) is 5.26 Å². The molecule has 2 aromatic carbocycles. The maximum atomic E-state index is 13.0. The van der Waals surface area contributed by atoms with Crippen LogP contribution in [0.3, 0.4) is 0 Å². The van der Waals surface area contributed by atoms with Crippen molar-refractivity contribution in [2.75, 3.05) is 4.72 Å². The lowest BCUT2D eigenvalue weighted by molar-refractivity contribution is 0.531. The van der Waals surface area contributed by atoms with Crippen LogP contribution >= 0.6 is 0 Å². The van der Waals surface area contributed by atoms with Crippen LogP contribution in [-0.4, -0.2) is 33.2 Å². The summed E-state index contributed by atoms with van der Waals surface area (Å²) in [6.45, 7) is 1.93. The van der Waals surface area contributed by atoms with Crippen LogP contribution in [0.2, 0.25) is 0 Å². The second kappa shape index (κ2) is 9.04. The van der Waals surface area contributed by atoms with Gasteiger partial charge in [0.05, 0.1) is 35.3 Å². The van der Waals surface area contributed by atoms with Gasteiger partial charge >= 0.3 is 0 Å². The molecule has 1 atom stereocenters. The molecule has 174 valence electrons. The van der Waals surface area contributed by atoms with Crippen LogP contribution in [0.25, 0.3) is 22.3 Å². The van der Waals surface area contributed by atoms with E-state index in [4.69, 9.17) is 0 Å². The third-order valence-electron chi connectivity index (χ3n) is 5.69. The molecule has 0 aliphatic heterocycles. The van der Waals surface area contributed by atoms with Crippen LogP contribution in [0.5, 0.6) is 0 Å². The Morgan fingerprint density at radius 1 is 1.14 bits per heavy atom. The summed E-state index contributed by atoms with van der Waals surface area (Å²) in [4.78, 5) is 11.8. The van der Waals surface area contributed by atoms with Crippen molar-refractivity contribution in [2.24, 2.45) is 0 Å². The number of aromatic nitrogens is 5. The largest absolute Gasteiger partial charge is 0.346 e. The molecular formula is C25H21N7O2S. The Morgan fingerprint density at radius 3 is 2.77 bits per heavy atom. The molecule has 9 nitrogen and oxygen atoms in total. The number of aryl methyl sites for hydroxylation is 1. The first-order chi connectivity index (χ1) is 16.9. The number of hydrogen-bond acceptors (Lipinski definition) is 6. The first-order valence-electron chi connectivity index (χ1n) is 10.8. The summed E-state index contributed by atoms with van der Waals surface area (Å²) >= 11 is 0. The number of nitrogens with one attached hydrogen (secondary N) is 2. The average molecular weight is 484 g/mol. The van der Waals surface area contributed by atoms with Gasteiger partial charge in [0.15, 0.2) is 0 Å². The van der Waals surface area contributed by atoms with E-state index in [1.807, 2.05) is 31.3 Å². The van der Waals surface area contributed by atoms with E-state index in [1.165, 1.54) is 12.4 Å². The molecule has 1 unspecified atom stereocenters. The third-order valence-corrected chi connectivity index (χ3v) is 7.07. The molecule has 3 aromatic heterocycles. The molecule has 0 spiro atoms. The summed E-state index contributed by atoms with van der Waals surface area (Å²) in [6.07, 6.45) is 6.87. The maximum absolute atomic E-state index is 13.0. The summed E-state index contributed by atoms with van der Waals surface area (Å²) in [5, 5.41) is 14.8. The van der Waals surface area contributed by atoms with E-state index in [0.717, 1.165) is 27.9 Å². The molecule has 0 bridgehead atoms. The van der Waals surface area contributed by atoms with E-state index in [0.29, 0.717) is 11.3 Å². The van der Waals surface area contributed by atoms with Crippen molar-refractivity contribution in [3.8, 4) is 17.3 Å². The van der Waals surface area contributed by atoms with E-state index in [9.17, 15) is 13.7 Å². The first-order valence-corrected chi connectivity index (χ1v) is 12.3. The van der Waals surface area contributed by atoms with Gasteiger partial charge in [0.25, 0.3) is 10.0 Å². The Bertz CT molecular complexity index is 1650. The summed E-state index contributed by atoms with van der Waals surface area (Å²) in [5.41, 5.74) is 4.37. The fourth-order valence-electron chi connectivity index (χ4n) is 3.91. The van der Waals surface area contributed by atoms with E-state index >= 15 is 0 Å². The van der Waals surface area contributed by atoms with Crippen molar-refractivity contribution in [3.05, 3.63) is 90.6 Å². The highest BCUT2D eigenvalue weighted by Gasteiger charge is 2.21. The van der Waals surface area contributed by atoms with E-state index in [1.54, 1.807) is 47.4 Å². The normalized spacial score (nSPS) is 12.3. The molecule has 3 heterocycles. The number of benzene rings is 2. The zero-order chi connectivity index (χ0) is 24.4. The van der Waals surface area contributed by atoms with Gasteiger partial charge in [-0.3, -0.25) is 9.40 Å². The Balaban J connectivity index is 1.48. The number of rotatable bonds is 7. The molecule has 10 heteroatoms. The lowest BCUT2D eigenvalue weighted by Crippen LogP contribution is -2.15. The van der Waals surface area contributed by atoms with Crippen LogP contribution in [0, 0.1) is 18.3 Å². The molecule has 0 saturated heterocycles. The Labute approximate surface area is 202 Å². The molecule has 5 rings (SSSR count). The summed E-state index contributed by atoms with van der Waals surface area (Å²) < 4.78 is 30.3. The SMILES string of the molecule is Cc1ccc(NS(=O)(=O)c2cccc(C(CC#N)n3cc(-c4ncnc5[nH]ccc45)cn3)c2)cc1. The highest BCUT2D eigenvalue weighted by molar-refractivity contribution is 7.92. The average Bonchev–Trinajstić information content (AvgIpc) is 3.54. The predicted molar refractivity (Wildman–Crippen MR) is 132 cm³/mol. The number of anilines is 1. The van der Waals surface area contributed by atoms with Gasteiger partial charge in [-0.2, -0.15) is 10.4 Å². The van der Waals surface area contributed by atoms with Gasteiger partial charge < -0.3 is 4.98 Å². The second-order valence-electron chi connectivity index (χ2n) is 8.09. The fraction of sp³-hybridized carbons (Fsp3) is 0.120. The number of nitrogens with zero attached hydrogens (tertiary/aromatic N) is 5. The van der Waals surface area contributed by atoms with Gasteiger partial charge in [0, 0.05) is 29.0 Å². The van der Waals surface area contributed by atoms with E-state index < -0.39 is 16.1 Å². The molecule has 0 amide bonds. The monoisotopic (exact) mass is 483 g/mol. The summed E-state index contributed by atoms with van der Waals surface area (Å²) in [6, 6.07) is 17.3. The molecule has 5 aromatic rings. The molecule has 2 N–H and O–H groups in total. The minimum atomic E-state index is -3.82. The molecule has 0 aliphatic carbocycles. The quantitative estimate of drug-likeness (QED) is 0.352. The molecule has 0 fully saturated rings. The van der Waals surface area contributed by atoms with Crippen molar-refractivity contribution in [1.82, 2.24) is 24.7 Å². The lowest BCUT2D eigenvalue weighted by atomic mass is 10.0. The number of sulfonamides is 1. The minimum Gasteiger partial charge on any atom is -0.346 e. The lowest BCUT2D eigenvalue weighted by Gasteiger charge is -2.16. The maximum Gasteiger partial charge on any atom is 0.261 e. The summed E-state index contributed by atoms with van der Waals surface area (Å²) in [5.74, 6) is 0. The van der Waals surface area contributed by atoms with Crippen molar-refractivity contribution < 1.29 is 8.42 Å². The van der Waals surface area contributed by atoms with Gasteiger partial charge in [0.1, 0.15) is 12.0 Å². The van der Waals surface area contributed by atoms with Gasteiger partial charge in [-0.25, -0.2) is 18.4 Å². The Hall–Kier alpha value is -4.49. The zero-order valence-electron chi connectivity index (χ0n) is 18.8. The number of fused-ring (bicyclic) bond motifs is 1. The standard InChI is InChI=1S/C25H21N7O2S/c1-17-5-7-20(8-6-17)31-35(33,34)21-4-2-3-18(13-21)23(9-11-26)32-15-19(14-30-32)24-22-10-12-27-25(22)29-16-28-24/h2-8,10,12-16,23,31H,9H2,1H3,(H,27,28,29). The van der Waals surface area contributed by atoms with Gasteiger partial charge in [-0.1, -0.05) is 29.8 Å². The van der Waals surface area contributed by atoms with Crippen LogP contribution in [0.4, 0.5) is 5.69 Å². The molecule has 35 heavy (non-hydrogen) atoms. The number of hydrogen-bond donors (Lipinski definition) is 2. The highest BCUT2D eigenvalue weighted by atomic mass is 32.2. The molecule has 0 radical (unpaired) electrons. The van der Waals surface area contributed by atoms with Crippen LogP contribution in [-0.2, 0) is 10.0 Å². The number of aromatic amines is 1. The third kappa shape index (κ3) is 4.49. The van der Waals surface area contributed by atoms with Gasteiger partial charge in [0.2, 0.25) is 0 Å². The van der Waals surface area contributed by atoms with Crippen molar-refractivity contribution >= 4 is 26.7 Å². The van der Waals surface area contributed by atoms with E-state index in [-0.39, 0.29) is 11.3 Å². The molecular weight excluding hydrogens is 462 g/mol. The molecule has 0 saturated carbocycles. The molecule has 0 aliphatic rings. The number of H-pyrrole nitrogens is 1. The van der Waals surface area contributed by atoms with Gasteiger partial charge in [-0.15, -0.1) is 0 Å². The Kier molecular flexibility index (Phi) is 5.76. The zero-order valence-corrected chi connectivity index (χ0v) is 19.6. The predicted octanol–water partition coefficient (Wildman–Crippen LogP) is 4.43. The highest BCUT2D eigenvalue weighted by Crippen LogP contribution is 2.29. The first kappa shape index (κ1) is 22.3. The van der Waals surface area contributed by atoms with Crippen molar-refractivity contribution in [3.63, 3.8) is 0 Å². The number of nitriles is 1. The summed E-state index contributed by atoms with van der Waals surface area (Å²) in [7, 11) is -3.82. The second-order valence-corrected chi connectivity index (χ2v) is 9.78. The van der Waals surface area contributed by atoms with Crippen molar-refractivity contribution in [2.45, 2.75) is 24.3 Å². The topological polar surface area (TPSA) is 129 Å². The van der Waals surface area contributed by atoms with Crippen LogP contribution in [0.1, 0.15) is 23.6 Å². The van der Waals surface area contributed by atoms with E-state index in [2.05, 4.69) is 30.8 Å². The van der Waals surface area contributed by atoms with Gasteiger partial charge in [-0.05, 0) is 42.8 Å². The Morgan fingerprint density at radius 2 is 1.97 bits per heavy atom. The fourth-order valence-corrected chi connectivity index (χ4v) is 5.02. The smallest absolute Gasteiger partial charge is 0.261 e. The van der Waals surface area contributed by atoms with Crippen LogP contribution in [0.15, 0.2) is 84.4 Å². The van der Waals surface area contributed by atoms with Crippen LogP contribution < -0.4 is 4.72 Å². The minimum absolute atomic E-state index is 0.107.